The molecule has 3 N–H and O–H groups in total. The molecule has 0 fully saturated rings. The Bertz CT molecular complexity index is 430. The summed E-state index contributed by atoms with van der Waals surface area (Å²) in [6.07, 6.45) is -0.238. The van der Waals surface area contributed by atoms with Crippen LogP contribution in [-0.4, -0.2) is 37.2 Å². The number of hydrogen-bond donors (Lipinski definition) is 2. The molecule has 1 unspecified atom stereocenters. The van der Waals surface area contributed by atoms with Crippen molar-refractivity contribution in [3.63, 3.8) is 0 Å². The standard InChI is InChI=1S/C12H16N2O4/c1-14(11(15)7-10(13)12(16)17)8-3-5-9(18-2)6-4-8/h3-6,10H,7,13H2,1-2H3,(H,16,17). The summed E-state index contributed by atoms with van der Waals surface area (Å²) in [5, 5.41) is 8.64. The molecule has 18 heavy (non-hydrogen) atoms. The molecule has 6 heteroatoms. The number of amides is 1. The highest BCUT2D eigenvalue weighted by Crippen LogP contribution is 2.18. The van der Waals surface area contributed by atoms with E-state index >= 15 is 0 Å². The van der Waals surface area contributed by atoms with Gasteiger partial charge in [0.05, 0.1) is 13.5 Å². The predicted octanol–water partition coefficient (Wildman–Crippen LogP) is 0.460. The van der Waals surface area contributed by atoms with Gasteiger partial charge in [0, 0.05) is 12.7 Å². The third-order valence-corrected chi connectivity index (χ3v) is 2.55. The lowest BCUT2D eigenvalue weighted by Crippen LogP contribution is -2.37. The summed E-state index contributed by atoms with van der Waals surface area (Å²) < 4.78 is 5.00. The van der Waals surface area contributed by atoms with Gasteiger partial charge >= 0.3 is 5.97 Å². The lowest BCUT2D eigenvalue weighted by Gasteiger charge is -2.18. The van der Waals surface area contributed by atoms with Crippen molar-refractivity contribution in [3.05, 3.63) is 24.3 Å². The lowest BCUT2D eigenvalue weighted by molar-refractivity contribution is -0.140. The van der Waals surface area contributed by atoms with E-state index in [-0.39, 0.29) is 12.3 Å². The summed E-state index contributed by atoms with van der Waals surface area (Å²) in [7, 11) is 3.12. The van der Waals surface area contributed by atoms with Gasteiger partial charge in [0.1, 0.15) is 11.8 Å². The number of anilines is 1. The molecule has 0 heterocycles. The number of methoxy groups -OCH3 is 1. The first-order valence-corrected chi connectivity index (χ1v) is 5.34. The highest BCUT2D eigenvalue weighted by Gasteiger charge is 2.19. The Morgan fingerprint density at radius 2 is 1.94 bits per heavy atom. The van der Waals surface area contributed by atoms with Crippen LogP contribution in [0.15, 0.2) is 24.3 Å². The summed E-state index contributed by atoms with van der Waals surface area (Å²) in [4.78, 5) is 23.7. The van der Waals surface area contributed by atoms with Crippen molar-refractivity contribution in [2.75, 3.05) is 19.1 Å². The first-order chi connectivity index (χ1) is 8.45. The molecule has 98 valence electrons. The molecule has 0 spiro atoms. The monoisotopic (exact) mass is 252 g/mol. The summed E-state index contributed by atoms with van der Waals surface area (Å²) in [5.74, 6) is -0.858. The first kappa shape index (κ1) is 14.0. The second-order valence-electron chi connectivity index (χ2n) is 3.80. The molecule has 1 rings (SSSR count). The van der Waals surface area contributed by atoms with E-state index in [1.807, 2.05) is 0 Å². The van der Waals surface area contributed by atoms with E-state index in [0.29, 0.717) is 11.4 Å². The summed E-state index contributed by atoms with van der Waals surface area (Å²) in [6.45, 7) is 0. The smallest absolute Gasteiger partial charge is 0.321 e. The Morgan fingerprint density at radius 3 is 2.39 bits per heavy atom. The van der Waals surface area contributed by atoms with Crippen molar-refractivity contribution in [2.24, 2.45) is 5.73 Å². The number of benzene rings is 1. The maximum atomic E-state index is 11.8. The van der Waals surface area contributed by atoms with Gasteiger partial charge < -0.3 is 20.5 Å². The predicted molar refractivity (Wildman–Crippen MR) is 66.6 cm³/mol. The molecule has 1 aromatic rings. The average Bonchev–Trinajstić information content (AvgIpc) is 2.37. The number of rotatable bonds is 5. The third-order valence-electron chi connectivity index (χ3n) is 2.55. The number of nitrogens with two attached hydrogens (primary N) is 1. The Morgan fingerprint density at radius 1 is 1.39 bits per heavy atom. The SMILES string of the molecule is COc1ccc(N(C)C(=O)CC(N)C(=O)O)cc1. The van der Waals surface area contributed by atoms with Crippen molar-refractivity contribution in [1.29, 1.82) is 0 Å². The molecule has 0 aromatic heterocycles. The van der Waals surface area contributed by atoms with Gasteiger partial charge in [0.25, 0.3) is 0 Å². The second-order valence-corrected chi connectivity index (χ2v) is 3.80. The molecule has 0 saturated carbocycles. The van der Waals surface area contributed by atoms with Crippen molar-refractivity contribution in [2.45, 2.75) is 12.5 Å². The van der Waals surface area contributed by atoms with Gasteiger partial charge in [0.15, 0.2) is 0 Å². The molecule has 0 radical (unpaired) electrons. The number of carboxylic acid groups (broad SMARTS) is 1. The number of carboxylic acids is 1. The van der Waals surface area contributed by atoms with E-state index in [9.17, 15) is 9.59 Å². The summed E-state index contributed by atoms with van der Waals surface area (Å²) >= 11 is 0. The highest BCUT2D eigenvalue weighted by atomic mass is 16.5. The Balaban J connectivity index is 2.70. The lowest BCUT2D eigenvalue weighted by atomic mass is 10.2. The molecule has 0 aliphatic rings. The first-order valence-electron chi connectivity index (χ1n) is 5.34. The topological polar surface area (TPSA) is 92.9 Å². The van der Waals surface area contributed by atoms with Crippen molar-refractivity contribution in [1.82, 2.24) is 0 Å². The maximum Gasteiger partial charge on any atom is 0.321 e. The van der Waals surface area contributed by atoms with Gasteiger partial charge in [0.2, 0.25) is 5.91 Å². The number of ether oxygens (including phenoxy) is 1. The Labute approximate surface area is 105 Å². The van der Waals surface area contributed by atoms with Gasteiger partial charge in [-0.15, -0.1) is 0 Å². The molecular formula is C12H16N2O4. The van der Waals surface area contributed by atoms with Crippen LogP contribution in [0.1, 0.15) is 6.42 Å². The molecule has 1 aromatic carbocycles. The molecule has 0 aliphatic heterocycles. The Hall–Kier alpha value is -2.08. The van der Waals surface area contributed by atoms with Gasteiger partial charge in [-0.25, -0.2) is 0 Å². The molecule has 1 atom stereocenters. The largest absolute Gasteiger partial charge is 0.497 e. The zero-order valence-electron chi connectivity index (χ0n) is 10.3. The molecule has 6 nitrogen and oxygen atoms in total. The van der Waals surface area contributed by atoms with Crippen LogP contribution in [0, 0.1) is 0 Å². The summed E-state index contributed by atoms with van der Waals surface area (Å²) in [5.41, 5.74) is 5.96. The number of aliphatic carboxylic acids is 1. The number of hydrogen-bond acceptors (Lipinski definition) is 4. The van der Waals surface area contributed by atoms with Crippen molar-refractivity contribution < 1.29 is 19.4 Å². The van der Waals surface area contributed by atoms with Crippen molar-refractivity contribution >= 4 is 17.6 Å². The van der Waals surface area contributed by atoms with Crippen LogP contribution < -0.4 is 15.4 Å². The molecular weight excluding hydrogens is 236 g/mol. The van der Waals surface area contributed by atoms with E-state index in [2.05, 4.69) is 0 Å². The van der Waals surface area contributed by atoms with E-state index in [4.69, 9.17) is 15.6 Å². The number of carbonyl (C=O) groups excluding carboxylic acids is 1. The van der Waals surface area contributed by atoms with Crippen LogP contribution in [0.2, 0.25) is 0 Å². The normalized spacial score (nSPS) is 11.7. The van der Waals surface area contributed by atoms with E-state index in [0.717, 1.165) is 0 Å². The fourth-order valence-corrected chi connectivity index (χ4v) is 1.36. The zero-order chi connectivity index (χ0) is 13.7. The maximum absolute atomic E-state index is 11.8. The van der Waals surface area contributed by atoms with Crippen LogP contribution >= 0.6 is 0 Å². The minimum absolute atomic E-state index is 0.238. The molecule has 0 saturated heterocycles. The van der Waals surface area contributed by atoms with Crippen LogP contribution in [0.25, 0.3) is 0 Å². The Kier molecular flexibility index (Phi) is 4.67. The van der Waals surface area contributed by atoms with Crippen LogP contribution in [0.4, 0.5) is 5.69 Å². The van der Waals surface area contributed by atoms with E-state index in [1.165, 1.54) is 4.90 Å². The third kappa shape index (κ3) is 3.46. The number of nitrogens with zero attached hydrogens (tertiary/aromatic N) is 1. The summed E-state index contributed by atoms with van der Waals surface area (Å²) in [6, 6.07) is 5.68. The molecule has 1 amide bonds. The van der Waals surface area contributed by atoms with Gasteiger partial charge in [-0.05, 0) is 24.3 Å². The molecule has 0 bridgehead atoms. The van der Waals surface area contributed by atoms with Crippen LogP contribution in [0.3, 0.4) is 0 Å². The molecule has 0 aliphatic carbocycles. The average molecular weight is 252 g/mol. The van der Waals surface area contributed by atoms with Crippen LogP contribution in [-0.2, 0) is 9.59 Å². The highest BCUT2D eigenvalue weighted by molar-refractivity contribution is 5.95. The van der Waals surface area contributed by atoms with Gasteiger partial charge in [-0.1, -0.05) is 0 Å². The van der Waals surface area contributed by atoms with E-state index in [1.54, 1.807) is 38.4 Å². The number of carbonyl (C=O) groups is 2. The zero-order valence-corrected chi connectivity index (χ0v) is 10.3. The van der Waals surface area contributed by atoms with Crippen LogP contribution in [0.5, 0.6) is 5.75 Å². The van der Waals surface area contributed by atoms with E-state index < -0.39 is 12.0 Å². The minimum atomic E-state index is -1.19. The quantitative estimate of drug-likeness (QED) is 0.794. The minimum Gasteiger partial charge on any atom is -0.497 e. The fraction of sp³-hybridized carbons (Fsp3) is 0.333. The van der Waals surface area contributed by atoms with Crippen molar-refractivity contribution in [3.8, 4) is 5.75 Å². The van der Waals surface area contributed by atoms with Gasteiger partial charge in [-0.2, -0.15) is 0 Å². The second kappa shape index (κ2) is 6.02. The fourth-order valence-electron chi connectivity index (χ4n) is 1.36. The van der Waals surface area contributed by atoms with Gasteiger partial charge in [-0.3, -0.25) is 9.59 Å².